The average molecular weight is 590 g/mol. The molecule has 4 rings (SSSR count). The van der Waals surface area contributed by atoms with Gasteiger partial charge in [-0.15, -0.1) is 0 Å². The Labute approximate surface area is 251 Å². The van der Waals surface area contributed by atoms with E-state index in [0.29, 0.717) is 12.1 Å². The molecule has 1 saturated carbocycles. The van der Waals surface area contributed by atoms with Crippen LogP contribution in [0.25, 0.3) is 0 Å². The number of sulfonamides is 1. The highest BCUT2D eigenvalue weighted by Crippen LogP contribution is 2.27. The van der Waals surface area contributed by atoms with E-state index in [1.807, 2.05) is 65.0 Å². The number of benzene rings is 3. The molecule has 0 saturated heterocycles. The summed E-state index contributed by atoms with van der Waals surface area (Å²) in [5.41, 5.74) is 5.20. The Morgan fingerprint density at radius 3 is 2.17 bits per heavy atom. The van der Waals surface area contributed by atoms with Gasteiger partial charge in [0.05, 0.1) is 10.6 Å². The molecule has 1 fully saturated rings. The third kappa shape index (κ3) is 7.21. The molecule has 224 valence electrons. The quantitative estimate of drug-likeness (QED) is 0.298. The van der Waals surface area contributed by atoms with Crippen LogP contribution in [-0.2, 0) is 26.2 Å². The highest BCUT2D eigenvalue weighted by atomic mass is 32.2. The predicted molar refractivity (Wildman–Crippen MR) is 168 cm³/mol. The number of aryl methyl sites for hydroxylation is 4. The van der Waals surface area contributed by atoms with Gasteiger partial charge in [-0.2, -0.15) is 0 Å². The van der Waals surface area contributed by atoms with Gasteiger partial charge in [0, 0.05) is 12.6 Å². The van der Waals surface area contributed by atoms with Crippen LogP contribution in [0.4, 0.5) is 5.69 Å². The van der Waals surface area contributed by atoms with Crippen LogP contribution in [-0.4, -0.2) is 43.8 Å². The second-order valence-electron chi connectivity index (χ2n) is 11.5. The van der Waals surface area contributed by atoms with Gasteiger partial charge < -0.3 is 10.2 Å². The zero-order valence-corrected chi connectivity index (χ0v) is 26.2. The molecule has 0 bridgehead atoms. The average Bonchev–Trinajstić information content (AvgIpc) is 3.47. The maximum absolute atomic E-state index is 14.3. The fourth-order valence-electron chi connectivity index (χ4n) is 5.50. The SMILES string of the molecule is CC[C@@H](C(=O)NC1CCCC1)N(Cc1ccccc1C)C(=O)CN(c1ccc(C)c(C)c1)S(=O)(=O)c1ccc(C)cc1. The topological polar surface area (TPSA) is 86.8 Å². The lowest BCUT2D eigenvalue weighted by Gasteiger charge is -2.34. The van der Waals surface area contributed by atoms with Gasteiger partial charge in [0.25, 0.3) is 10.0 Å². The minimum absolute atomic E-state index is 0.107. The Hall–Kier alpha value is -3.65. The molecule has 3 aromatic carbocycles. The number of amides is 2. The number of nitrogens with zero attached hydrogens (tertiary/aromatic N) is 2. The predicted octanol–water partition coefficient (Wildman–Crippen LogP) is 5.98. The first kappa shape index (κ1) is 31.3. The standard InChI is InChI=1S/C34H43N3O4S/c1-6-32(34(39)35-29-13-9-10-14-29)36(22-28-12-8-7-11-26(28)4)33(38)23-37(30-18-17-25(3)27(5)21-30)42(40,41)31-19-15-24(2)16-20-31/h7-8,11-12,15-21,29,32H,6,9-10,13-14,22-23H2,1-5H3,(H,35,39)/t32-/m0/s1. The van der Waals surface area contributed by atoms with Crippen molar-refractivity contribution >= 4 is 27.5 Å². The van der Waals surface area contributed by atoms with Gasteiger partial charge in [-0.25, -0.2) is 8.42 Å². The van der Waals surface area contributed by atoms with Gasteiger partial charge in [0.15, 0.2) is 0 Å². The molecule has 1 atom stereocenters. The second kappa shape index (κ2) is 13.6. The lowest BCUT2D eigenvalue weighted by molar-refractivity contribution is -0.140. The smallest absolute Gasteiger partial charge is 0.264 e. The summed E-state index contributed by atoms with van der Waals surface area (Å²) in [7, 11) is -4.10. The summed E-state index contributed by atoms with van der Waals surface area (Å²) in [6.45, 7) is 9.41. The third-order valence-electron chi connectivity index (χ3n) is 8.36. The minimum Gasteiger partial charge on any atom is -0.352 e. The highest BCUT2D eigenvalue weighted by Gasteiger charge is 2.34. The minimum atomic E-state index is -4.10. The number of rotatable bonds is 11. The largest absolute Gasteiger partial charge is 0.352 e. The van der Waals surface area contributed by atoms with E-state index in [1.54, 1.807) is 41.3 Å². The van der Waals surface area contributed by atoms with Crippen molar-refractivity contribution in [3.8, 4) is 0 Å². The number of carbonyl (C=O) groups is 2. The first-order chi connectivity index (χ1) is 20.0. The summed E-state index contributed by atoms with van der Waals surface area (Å²) < 4.78 is 29.4. The summed E-state index contributed by atoms with van der Waals surface area (Å²) >= 11 is 0. The summed E-state index contributed by atoms with van der Waals surface area (Å²) in [5, 5.41) is 3.16. The molecule has 3 aromatic rings. The maximum atomic E-state index is 14.3. The van der Waals surface area contributed by atoms with Crippen LogP contribution in [0.5, 0.6) is 0 Å². The zero-order valence-electron chi connectivity index (χ0n) is 25.4. The van der Waals surface area contributed by atoms with Crippen LogP contribution >= 0.6 is 0 Å². The van der Waals surface area contributed by atoms with Gasteiger partial charge in [0.2, 0.25) is 11.8 Å². The Morgan fingerprint density at radius 1 is 0.881 bits per heavy atom. The molecular formula is C34H43N3O4S. The summed E-state index contributed by atoms with van der Waals surface area (Å²) in [6.07, 6.45) is 4.43. The molecule has 0 spiro atoms. The molecule has 1 aliphatic rings. The molecule has 42 heavy (non-hydrogen) atoms. The van der Waals surface area contributed by atoms with E-state index in [-0.39, 0.29) is 23.4 Å². The molecule has 1 aliphatic carbocycles. The fraction of sp³-hybridized carbons (Fsp3) is 0.412. The van der Waals surface area contributed by atoms with Gasteiger partial charge in [-0.05, 0) is 93.5 Å². The van der Waals surface area contributed by atoms with Gasteiger partial charge in [-0.1, -0.05) is 67.8 Å². The van der Waals surface area contributed by atoms with Crippen molar-refractivity contribution in [1.29, 1.82) is 0 Å². The number of carbonyl (C=O) groups excluding carboxylic acids is 2. The Bertz CT molecular complexity index is 1510. The lowest BCUT2D eigenvalue weighted by atomic mass is 10.1. The molecule has 0 aliphatic heterocycles. The number of anilines is 1. The van der Waals surface area contributed by atoms with Crippen molar-refractivity contribution in [3.05, 3.63) is 94.5 Å². The van der Waals surface area contributed by atoms with E-state index in [4.69, 9.17) is 0 Å². The summed E-state index contributed by atoms with van der Waals surface area (Å²) in [6, 6.07) is 19.2. The molecule has 8 heteroatoms. The first-order valence-electron chi connectivity index (χ1n) is 14.8. The van der Waals surface area contributed by atoms with Crippen molar-refractivity contribution < 1.29 is 18.0 Å². The van der Waals surface area contributed by atoms with Crippen molar-refractivity contribution in [2.24, 2.45) is 0 Å². The molecule has 1 N–H and O–H groups in total. The van der Waals surface area contributed by atoms with Crippen molar-refractivity contribution in [2.75, 3.05) is 10.8 Å². The van der Waals surface area contributed by atoms with Gasteiger partial charge >= 0.3 is 0 Å². The molecule has 0 aromatic heterocycles. The maximum Gasteiger partial charge on any atom is 0.264 e. The summed E-state index contributed by atoms with van der Waals surface area (Å²) in [4.78, 5) is 29.6. The molecule has 0 heterocycles. The van der Waals surface area contributed by atoms with E-state index in [9.17, 15) is 18.0 Å². The van der Waals surface area contributed by atoms with E-state index >= 15 is 0 Å². The van der Waals surface area contributed by atoms with Gasteiger partial charge in [0.1, 0.15) is 12.6 Å². The van der Waals surface area contributed by atoms with Crippen LogP contribution in [0.3, 0.4) is 0 Å². The number of hydrogen-bond acceptors (Lipinski definition) is 4. The fourth-order valence-corrected chi connectivity index (χ4v) is 6.91. The van der Waals surface area contributed by atoms with E-state index in [2.05, 4.69) is 5.32 Å². The van der Waals surface area contributed by atoms with Crippen molar-refractivity contribution in [2.45, 2.75) is 90.2 Å². The van der Waals surface area contributed by atoms with Crippen LogP contribution in [0.1, 0.15) is 66.8 Å². The lowest BCUT2D eigenvalue weighted by Crippen LogP contribution is -2.53. The highest BCUT2D eigenvalue weighted by molar-refractivity contribution is 7.92. The number of hydrogen-bond donors (Lipinski definition) is 1. The van der Waals surface area contributed by atoms with Crippen molar-refractivity contribution in [3.63, 3.8) is 0 Å². The van der Waals surface area contributed by atoms with Crippen LogP contribution in [0, 0.1) is 27.7 Å². The molecular weight excluding hydrogens is 546 g/mol. The third-order valence-corrected chi connectivity index (χ3v) is 10.1. The van der Waals surface area contributed by atoms with Crippen molar-refractivity contribution in [1.82, 2.24) is 10.2 Å². The zero-order chi connectivity index (χ0) is 30.4. The van der Waals surface area contributed by atoms with E-state index < -0.39 is 28.5 Å². The van der Waals surface area contributed by atoms with E-state index in [1.165, 1.54) is 4.31 Å². The molecule has 2 amide bonds. The van der Waals surface area contributed by atoms with E-state index in [0.717, 1.165) is 53.5 Å². The van der Waals surface area contributed by atoms with Crippen LogP contribution in [0.2, 0.25) is 0 Å². The Morgan fingerprint density at radius 2 is 1.55 bits per heavy atom. The monoisotopic (exact) mass is 589 g/mol. The Kier molecular flexibility index (Phi) is 10.1. The summed E-state index contributed by atoms with van der Waals surface area (Å²) in [5.74, 6) is -0.619. The molecule has 0 radical (unpaired) electrons. The molecule has 0 unspecified atom stereocenters. The van der Waals surface area contributed by atoms with Crippen LogP contribution < -0.4 is 9.62 Å². The van der Waals surface area contributed by atoms with Gasteiger partial charge in [-0.3, -0.25) is 13.9 Å². The Balaban J connectivity index is 1.74. The van der Waals surface area contributed by atoms with Crippen LogP contribution in [0.15, 0.2) is 71.6 Å². The second-order valence-corrected chi connectivity index (χ2v) is 13.3. The molecule has 7 nitrogen and oxygen atoms in total. The normalized spacial score (nSPS) is 14.4. The number of nitrogens with one attached hydrogen (secondary N) is 1. The first-order valence-corrected chi connectivity index (χ1v) is 16.3.